The Hall–Kier alpha value is -0.730. The van der Waals surface area contributed by atoms with Gasteiger partial charge in [-0.05, 0) is 48.8 Å². The van der Waals surface area contributed by atoms with Gasteiger partial charge in [0.15, 0.2) is 0 Å². The van der Waals surface area contributed by atoms with Crippen molar-refractivity contribution in [2.24, 2.45) is 11.1 Å². The van der Waals surface area contributed by atoms with E-state index >= 15 is 0 Å². The summed E-state index contributed by atoms with van der Waals surface area (Å²) in [6.45, 7) is 9.01. The lowest BCUT2D eigenvalue weighted by Crippen LogP contribution is -2.37. The lowest BCUT2D eigenvalue weighted by Gasteiger charge is -2.38. The zero-order valence-corrected chi connectivity index (χ0v) is 13.7. The summed E-state index contributed by atoms with van der Waals surface area (Å²) in [6, 6.07) is 6.66. The molecule has 0 aromatic heterocycles. The van der Waals surface area contributed by atoms with E-state index in [0.717, 1.165) is 31.0 Å². The van der Waals surface area contributed by atoms with Gasteiger partial charge in [-0.3, -0.25) is 0 Å². The topological polar surface area (TPSA) is 29.3 Å². The highest BCUT2D eigenvalue weighted by Crippen LogP contribution is 2.35. The molecule has 112 valence electrons. The van der Waals surface area contributed by atoms with Gasteiger partial charge < -0.3 is 10.6 Å². The van der Waals surface area contributed by atoms with Crippen molar-refractivity contribution in [2.75, 3.05) is 18.0 Å². The monoisotopic (exact) mass is 294 g/mol. The van der Waals surface area contributed by atoms with E-state index in [1.165, 1.54) is 24.1 Å². The lowest BCUT2D eigenvalue weighted by molar-refractivity contribution is 0.280. The Morgan fingerprint density at radius 1 is 1.30 bits per heavy atom. The van der Waals surface area contributed by atoms with Gasteiger partial charge >= 0.3 is 0 Å². The molecule has 2 N–H and O–H groups in total. The van der Waals surface area contributed by atoms with Crippen LogP contribution in [0.5, 0.6) is 0 Å². The number of rotatable bonds is 4. The number of benzene rings is 1. The Balaban J connectivity index is 2.06. The van der Waals surface area contributed by atoms with Gasteiger partial charge in [-0.1, -0.05) is 38.4 Å². The molecule has 0 aliphatic carbocycles. The molecule has 1 aromatic carbocycles. The fourth-order valence-corrected chi connectivity index (χ4v) is 3.06. The summed E-state index contributed by atoms with van der Waals surface area (Å²) in [4.78, 5) is 2.41. The number of nitrogens with zero attached hydrogens (tertiary/aromatic N) is 1. The fraction of sp³-hybridized carbons (Fsp3) is 0.647. The van der Waals surface area contributed by atoms with Gasteiger partial charge in [0.1, 0.15) is 0 Å². The molecule has 1 saturated heterocycles. The van der Waals surface area contributed by atoms with Crippen LogP contribution in [0, 0.1) is 5.41 Å². The molecule has 2 rings (SSSR count). The van der Waals surface area contributed by atoms with E-state index in [9.17, 15) is 0 Å². The van der Waals surface area contributed by atoms with Crippen molar-refractivity contribution in [1.82, 2.24) is 0 Å². The van der Waals surface area contributed by atoms with Crippen LogP contribution in [-0.2, 0) is 6.42 Å². The lowest BCUT2D eigenvalue weighted by atomic mass is 9.82. The smallest absolute Gasteiger partial charge is 0.0642 e. The Kier molecular flexibility index (Phi) is 4.98. The highest BCUT2D eigenvalue weighted by atomic mass is 35.5. The Labute approximate surface area is 128 Å². The highest BCUT2D eigenvalue weighted by molar-refractivity contribution is 6.33. The molecule has 3 heteroatoms. The maximum atomic E-state index is 6.48. The van der Waals surface area contributed by atoms with Gasteiger partial charge in [-0.15, -0.1) is 0 Å². The molecular weight excluding hydrogens is 268 g/mol. The van der Waals surface area contributed by atoms with Gasteiger partial charge in [-0.25, -0.2) is 0 Å². The number of hydrogen-bond donors (Lipinski definition) is 1. The van der Waals surface area contributed by atoms with Gasteiger partial charge in [0.05, 0.1) is 10.7 Å². The van der Waals surface area contributed by atoms with Crippen LogP contribution in [0.15, 0.2) is 18.2 Å². The number of halogens is 1. The van der Waals surface area contributed by atoms with E-state index in [1.807, 2.05) is 0 Å². The maximum absolute atomic E-state index is 6.48. The first-order valence-corrected chi connectivity index (χ1v) is 8.08. The minimum Gasteiger partial charge on any atom is -0.370 e. The first-order valence-electron chi connectivity index (χ1n) is 7.70. The fourth-order valence-electron chi connectivity index (χ4n) is 2.73. The number of hydrogen-bond acceptors (Lipinski definition) is 2. The van der Waals surface area contributed by atoms with Gasteiger partial charge in [0.2, 0.25) is 0 Å². The summed E-state index contributed by atoms with van der Waals surface area (Å²) < 4.78 is 0. The molecule has 0 radical (unpaired) electrons. The average molecular weight is 295 g/mol. The molecule has 1 aromatic rings. The summed E-state index contributed by atoms with van der Waals surface area (Å²) >= 11 is 6.48. The zero-order chi connectivity index (χ0) is 14.8. The third kappa shape index (κ3) is 3.89. The normalized spacial score (nSPS) is 19.9. The quantitative estimate of drug-likeness (QED) is 0.899. The second-order valence-corrected chi connectivity index (χ2v) is 7.22. The van der Waals surface area contributed by atoms with Crippen LogP contribution < -0.4 is 10.6 Å². The Morgan fingerprint density at radius 3 is 2.50 bits per heavy atom. The van der Waals surface area contributed by atoms with Crippen molar-refractivity contribution in [3.05, 3.63) is 28.8 Å². The zero-order valence-electron chi connectivity index (χ0n) is 13.0. The van der Waals surface area contributed by atoms with E-state index < -0.39 is 0 Å². The van der Waals surface area contributed by atoms with Gasteiger partial charge in [0.25, 0.3) is 0 Å². The van der Waals surface area contributed by atoms with Crippen LogP contribution in [0.2, 0.25) is 5.02 Å². The van der Waals surface area contributed by atoms with Crippen molar-refractivity contribution < 1.29 is 0 Å². The van der Waals surface area contributed by atoms with Crippen LogP contribution in [0.1, 0.15) is 45.6 Å². The predicted octanol–water partition coefficient (Wildman–Crippen LogP) is 4.25. The molecule has 0 saturated carbocycles. The molecular formula is C17H27ClN2. The number of anilines is 1. The second-order valence-electron chi connectivity index (χ2n) is 6.81. The van der Waals surface area contributed by atoms with E-state index in [0.29, 0.717) is 5.41 Å². The van der Waals surface area contributed by atoms with E-state index in [2.05, 4.69) is 43.9 Å². The molecule has 0 bridgehead atoms. The third-order valence-corrected chi connectivity index (χ3v) is 4.79. The maximum Gasteiger partial charge on any atom is 0.0642 e. The molecule has 0 spiro atoms. The van der Waals surface area contributed by atoms with Gasteiger partial charge in [0, 0.05) is 19.1 Å². The van der Waals surface area contributed by atoms with Crippen molar-refractivity contribution in [3.63, 3.8) is 0 Å². The highest BCUT2D eigenvalue weighted by Gasteiger charge is 2.26. The minimum atomic E-state index is 0.229. The van der Waals surface area contributed by atoms with Crippen molar-refractivity contribution in [2.45, 2.75) is 52.5 Å². The average Bonchev–Trinajstić information content (AvgIpc) is 2.39. The van der Waals surface area contributed by atoms with Crippen LogP contribution in [0.25, 0.3) is 0 Å². The van der Waals surface area contributed by atoms with Crippen molar-refractivity contribution >= 4 is 17.3 Å². The van der Waals surface area contributed by atoms with Crippen LogP contribution >= 0.6 is 11.6 Å². The Morgan fingerprint density at radius 2 is 1.95 bits per heavy atom. The molecule has 2 nitrogen and oxygen atoms in total. The van der Waals surface area contributed by atoms with E-state index in [-0.39, 0.29) is 6.04 Å². The first-order chi connectivity index (χ1) is 9.41. The minimum absolute atomic E-state index is 0.229. The molecule has 0 amide bonds. The number of nitrogens with two attached hydrogens (primary N) is 1. The van der Waals surface area contributed by atoms with E-state index in [1.54, 1.807) is 0 Å². The van der Waals surface area contributed by atoms with Crippen LogP contribution in [-0.4, -0.2) is 19.1 Å². The van der Waals surface area contributed by atoms with Crippen LogP contribution in [0.4, 0.5) is 5.69 Å². The molecule has 1 aliphatic heterocycles. The van der Waals surface area contributed by atoms with Crippen LogP contribution in [0.3, 0.4) is 0 Å². The van der Waals surface area contributed by atoms with Gasteiger partial charge in [-0.2, -0.15) is 0 Å². The van der Waals surface area contributed by atoms with Crippen molar-refractivity contribution in [1.29, 1.82) is 0 Å². The summed E-state index contributed by atoms with van der Waals surface area (Å²) in [6.07, 6.45) is 4.36. The SMILES string of the molecule is CCC(N)Cc1ccc(N2CCC(C)(C)CC2)c(Cl)c1. The molecule has 1 heterocycles. The summed E-state index contributed by atoms with van der Waals surface area (Å²) in [5.74, 6) is 0. The standard InChI is InChI=1S/C17H27ClN2/c1-4-14(19)11-13-5-6-16(15(18)12-13)20-9-7-17(2,3)8-10-20/h5-6,12,14H,4,7-11,19H2,1-3H3. The number of piperidine rings is 1. The molecule has 1 aliphatic rings. The van der Waals surface area contributed by atoms with E-state index in [4.69, 9.17) is 17.3 Å². The molecule has 1 atom stereocenters. The Bertz CT molecular complexity index is 446. The third-order valence-electron chi connectivity index (χ3n) is 4.49. The molecule has 1 unspecified atom stereocenters. The molecule has 1 fully saturated rings. The summed E-state index contributed by atoms with van der Waals surface area (Å²) in [7, 11) is 0. The first kappa shape index (κ1) is 15.7. The second kappa shape index (κ2) is 6.36. The molecule has 20 heavy (non-hydrogen) atoms. The van der Waals surface area contributed by atoms with Crippen molar-refractivity contribution in [3.8, 4) is 0 Å². The summed E-state index contributed by atoms with van der Waals surface area (Å²) in [5, 5.41) is 0.866. The largest absolute Gasteiger partial charge is 0.370 e. The predicted molar refractivity (Wildman–Crippen MR) is 88.7 cm³/mol. The summed E-state index contributed by atoms with van der Waals surface area (Å²) in [5.41, 5.74) is 8.90.